The molecule has 0 spiro atoms. The van der Waals surface area contributed by atoms with Crippen molar-refractivity contribution in [2.24, 2.45) is 0 Å². The number of ether oxygens (including phenoxy) is 1. The minimum absolute atomic E-state index is 0.162. The quantitative estimate of drug-likeness (QED) is 0.705. The maximum absolute atomic E-state index is 12.7. The molecule has 152 valence electrons. The first-order valence-corrected chi connectivity index (χ1v) is 9.46. The van der Waals surface area contributed by atoms with Crippen LogP contribution < -0.4 is 10.1 Å². The fraction of sp³-hybridized carbons (Fsp3) is 0.333. The van der Waals surface area contributed by atoms with Gasteiger partial charge in [0.1, 0.15) is 11.4 Å². The van der Waals surface area contributed by atoms with Gasteiger partial charge in [0.25, 0.3) is 11.8 Å². The van der Waals surface area contributed by atoms with Gasteiger partial charge >= 0.3 is 0 Å². The third-order valence-corrected chi connectivity index (χ3v) is 4.85. The highest BCUT2D eigenvalue weighted by molar-refractivity contribution is 5.98. The van der Waals surface area contributed by atoms with Crippen LogP contribution in [-0.4, -0.2) is 72.8 Å². The van der Waals surface area contributed by atoms with Crippen molar-refractivity contribution in [1.82, 2.24) is 20.1 Å². The van der Waals surface area contributed by atoms with Crippen molar-refractivity contribution in [1.29, 1.82) is 0 Å². The molecule has 8 heteroatoms. The van der Waals surface area contributed by atoms with Crippen LogP contribution in [0.1, 0.15) is 26.4 Å². The molecule has 8 nitrogen and oxygen atoms in total. The lowest BCUT2D eigenvalue weighted by molar-refractivity contribution is -0.119. The first-order valence-electron chi connectivity index (χ1n) is 9.46. The van der Waals surface area contributed by atoms with Gasteiger partial charge in [-0.3, -0.25) is 19.4 Å². The molecule has 2 heterocycles. The molecule has 0 atom stereocenters. The van der Waals surface area contributed by atoms with E-state index in [1.807, 2.05) is 24.3 Å². The molecule has 1 aromatic heterocycles. The smallest absolute Gasteiger partial charge is 0.269 e. The number of carbonyl (C=O) groups excluding carboxylic acids is 3. The van der Waals surface area contributed by atoms with E-state index in [0.29, 0.717) is 44.7 Å². The first-order chi connectivity index (χ1) is 14.1. The maximum atomic E-state index is 12.7. The Kier molecular flexibility index (Phi) is 6.78. The molecule has 29 heavy (non-hydrogen) atoms. The number of nitrogens with zero attached hydrogens (tertiary/aromatic N) is 3. The van der Waals surface area contributed by atoms with Crippen LogP contribution in [-0.2, 0) is 11.2 Å². The van der Waals surface area contributed by atoms with Gasteiger partial charge in [-0.15, -0.1) is 0 Å². The van der Waals surface area contributed by atoms with Crippen molar-refractivity contribution in [3.05, 3.63) is 59.4 Å². The number of rotatable bonds is 7. The van der Waals surface area contributed by atoms with Crippen molar-refractivity contribution in [3.63, 3.8) is 0 Å². The number of carbonyl (C=O) groups is 3. The van der Waals surface area contributed by atoms with E-state index >= 15 is 0 Å². The van der Waals surface area contributed by atoms with Gasteiger partial charge in [-0.05, 0) is 36.2 Å². The molecule has 0 bridgehead atoms. The highest BCUT2D eigenvalue weighted by Crippen LogP contribution is 2.12. The number of amides is 3. The minimum Gasteiger partial charge on any atom is -0.497 e. The van der Waals surface area contributed by atoms with E-state index in [1.165, 1.54) is 12.3 Å². The van der Waals surface area contributed by atoms with Crippen molar-refractivity contribution in [2.45, 2.75) is 6.42 Å². The molecule has 0 aliphatic carbocycles. The summed E-state index contributed by atoms with van der Waals surface area (Å²) >= 11 is 0. The van der Waals surface area contributed by atoms with E-state index < -0.39 is 0 Å². The molecule has 3 rings (SSSR count). The van der Waals surface area contributed by atoms with E-state index in [4.69, 9.17) is 4.74 Å². The lowest BCUT2D eigenvalue weighted by atomic mass is 10.1. The molecule has 0 radical (unpaired) electrons. The van der Waals surface area contributed by atoms with Gasteiger partial charge in [0, 0.05) is 44.5 Å². The topological polar surface area (TPSA) is 91.8 Å². The predicted molar refractivity (Wildman–Crippen MR) is 107 cm³/mol. The van der Waals surface area contributed by atoms with Crippen LogP contribution >= 0.6 is 0 Å². The highest BCUT2D eigenvalue weighted by atomic mass is 16.5. The van der Waals surface area contributed by atoms with Crippen molar-refractivity contribution in [3.8, 4) is 5.75 Å². The molecular formula is C21H24N4O4. The van der Waals surface area contributed by atoms with Gasteiger partial charge in [0.15, 0.2) is 0 Å². The molecule has 1 aliphatic rings. The molecule has 1 fully saturated rings. The molecular weight excluding hydrogens is 372 g/mol. The molecule has 1 saturated heterocycles. The third kappa shape index (κ3) is 5.31. The number of nitrogens with one attached hydrogen (secondary N) is 1. The SMILES string of the molecule is COc1ccc(CCNC(=O)c2cc(C(=O)N3CCN(C=O)CC3)ccn2)cc1. The Morgan fingerprint density at radius 1 is 1.14 bits per heavy atom. The average molecular weight is 396 g/mol. The zero-order chi connectivity index (χ0) is 20.6. The van der Waals surface area contributed by atoms with Crippen LogP contribution in [0.3, 0.4) is 0 Å². The lowest BCUT2D eigenvalue weighted by Crippen LogP contribution is -2.48. The van der Waals surface area contributed by atoms with Gasteiger partial charge in [0.05, 0.1) is 7.11 Å². The zero-order valence-electron chi connectivity index (χ0n) is 16.3. The van der Waals surface area contributed by atoms with Crippen LogP contribution in [0, 0.1) is 0 Å². The van der Waals surface area contributed by atoms with E-state index in [2.05, 4.69) is 10.3 Å². The Balaban J connectivity index is 1.54. The Labute approximate surface area is 169 Å². The predicted octanol–water partition coefficient (Wildman–Crippen LogP) is 0.977. The summed E-state index contributed by atoms with van der Waals surface area (Å²) in [7, 11) is 1.62. The molecule has 1 aliphatic heterocycles. The monoisotopic (exact) mass is 396 g/mol. The van der Waals surface area contributed by atoms with Gasteiger partial charge in [-0.25, -0.2) is 0 Å². The average Bonchev–Trinajstić information content (AvgIpc) is 2.79. The number of benzene rings is 1. The molecule has 1 aromatic carbocycles. The van der Waals surface area contributed by atoms with E-state index in [9.17, 15) is 14.4 Å². The summed E-state index contributed by atoms with van der Waals surface area (Å²) < 4.78 is 5.13. The minimum atomic E-state index is -0.320. The number of methoxy groups -OCH3 is 1. The van der Waals surface area contributed by atoms with E-state index in [-0.39, 0.29) is 17.5 Å². The van der Waals surface area contributed by atoms with Crippen LogP contribution in [0.25, 0.3) is 0 Å². The summed E-state index contributed by atoms with van der Waals surface area (Å²) in [5.41, 5.74) is 1.70. The van der Waals surface area contributed by atoms with Crippen LogP contribution in [0.15, 0.2) is 42.6 Å². The first kappa shape index (κ1) is 20.3. The summed E-state index contributed by atoms with van der Waals surface area (Å²) in [6.07, 6.45) is 2.94. The molecule has 2 aromatic rings. The highest BCUT2D eigenvalue weighted by Gasteiger charge is 2.22. The van der Waals surface area contributed by atoms with Crippen molar-refractivity contribution < 1.29 is 19.1 Å². The van der Waals surface area contributed by atoms with Gasteiger partial charge in [-0.1, -0.05) is 12.1 Å². The number of piperazine rings is 1. The van der Waals surface area contributed by atoms with Gasteiger partial charge in [-0.2, -0.15) is 0 Å². The molecule has 0 unspecified atom stereocenters. The summed E-state index contributed by atoms with van der Waals surface area (Å²) in [5.74, 6) is 0.306. The number of pyridine rings is 1. The van der Waals surface area contributed by atoms with Crippen LogP contribution in [0.5, 0.6) is 5.75 Å². The Morgan fingerprint density at radius 3 is 2.52 bits per heavy atom. The second kappa shape index (κ2) is 9.68. The number of hydrogen-bond donors (Lipinski definition) is 1. The summed E-state index contributed by atoms with van der Waals surface area (Å²) in [6.45, 7) is 2.43. The Bertz CT molecular complexity index is 861. The van der Waals surface area contributed by atoms with Crippen LogP contribution in [0.4, 0.5) is 0 Å². The fourth-order valence-corrected chi connectivity index (χ4v) is 3.10. The second-order valence-corrected chi connectivity index (χ2v) is 6.72. The zero-order valence-corrected chi connectivity index (χ0v) is 16.3. The van der Waals surface area contributed by atoms with Gasteiger partial charge in [0.2, 0.25) is 6.41 Å². The maximum Gasteiger partial charge on any atom is 0.269 e. The van der Waals surface area contributed by atoms with Crippen LogP contribution in [0.2, 0.25) is 0 Å². The molecule has 3 amide bonds. The molecule has 1 N–H and O–H groups in total. The van der Waals surface area contributed by atoms with E-state index in [1.54, 1.807) is 23.0 Å². The largest absolute Gasteiger partial charge is 0.497 e. The summed E-state index contributed by atoms with van der Waals surface area (Å²) in [6, 6.07) is 10.8. The summed E-state index contributed by atoms with van der Waals surface area (Å²) in [4.78, 5) is 43.3. The number of hydrogen-bond acceptors (Lipinski definition) is 5. The van der Waals surface area contributed by atoms with Crippen molar-refractivity contribution >= 4 is 18.2 Å². The second-order valence-electron chi connectivity index (χ2n) is 6.72. The van der Waals surface area contributed by atoms with Gasteiger partial charge < -0.3 is 19.9 Å². The fourth-order valence-electron chi connectivity index (χ4n) is 3.10. The Hall–Kier alpha value is -3.42. The Morgan fingerprint density at radius 2 is 1.86 bits per heavy atom. The van der Waals surface area contributed by atoms with Crippen molar-refractivity contribution in [2.75, 3.05) is 39.8 Å². The normalized spacial score (nSPS) is 13.7. The third-order valence-electron chi connectivity index (χ3n) is 4.85. The summed E-state index contributed by atoms with van der Waals surface area (Å²) in [5, 5.41) is 2.83. The standard InChI is InChI=1S/C21H24N4O4/c1-29-18-4-2-16(3-5-18)6-8-23-20(27)19-14-17(7-9-22-19)21(28)25-12-10-24(15-26)11-13-25/h2-5,7,9,14-15H,6,8,10-13H2,1H3,(H,23,27). The number of aromatic nitrogens is 1. The molecule has 0 saturated carbocycles. The van der Waals surface area contributed by atoms with E-state index in [0.717, 1.165) is 17.7 Å². The lowest BCUT2D eigenvalue weighted by Gasteiger charge is -2.32.